The second kappa shape index (κ2) is 9.28. The number of morpholine rings is 1. The Morgan fingerprint density at radius 1 is 1.16 bits per heavy atom. The number of rotatable bonds is 5. The lowest BCUT2D eigenvalue weighted by Gasteiger charge is -2.38. The van der Waals surface area contributed by atoms with Gasteiger partial charge in [0.25, 0.3) is 5.91 Å². The molecule has 0 saturated carbocycles. The van der Waals surface area contributed by atoms with Crippen LogP contribution in [0.3, 0.4) is 0 Å². The van der Waals surface area contributed by atoms with Crippen molar-refractivity contribution in [1.29, 1.82) is 0 Å². The summed E-state index contributed by atoms with van der Waals surface area (Å²) >= 11 is 5.19. The molecule has 0 radical (unpaired) electrons. The van der Waals surface area contributed by atoms with Crippen LogP contribution in [0.25, 0.3) is 0 Å². The smallest absolute Gasteiger partial charge is 0.291 e. The van der Waals surface area contributed by atoms with Gasteiger partial charge in [-0.05, 0) is 57.5 Å². The molecule has 1 aliphatic rings. The number of amides is 1. The summed E-state index contributed by atoms with van der Waals surface area (Å²) < 4.78 is 12.4. The number of anilines is 1. The topological polar surface area (TPSA) is 55.9 Å². The van der Waals surface area contributed by atoms with Crippen LogP contribution in [0.2, 0.25) is 0 Å². The van der Waals surface area contributed by atoms with E-state index in [-0.39, 0.29) is 24.2 Å². The van der Waals surface area contributed by atoms with Gasteiger partial charge in [0, 0.05) is 14.9 Å². The van der Waals surface area contributed by atoms with Crippen molar-refractivity contribution in [3.63, 3.8) is 0 Å². The Kier molecular flexibility index (Phi) is 6.67. The van der Waals surface area contributed by atoms with E-state index in [1.807, 2.05) is 0 Å². The minimum atomic E-state index is -0.222. The third-order valence-corrected chi connectivity index (χ3v) is 7.54. The Hall–Kier alpha value is -1.93. The van der Waals surface area contributed by atoms with Crippen LogP contribution in [-0.4, -0.2) is 31.2 Å². The molecule has 5 nitrogen and oxygen atoms in total. The molecule has 2 aromatic heterocycles. The first-order valence-corrected chi connectivity index (χ1v) is 12.1. The Morgan fingerprint density at radius 2 is 1.84 bits per heavy atom. The van der Waals surface area contributed by atoms with Crippen LogP contribution >= 0.6 is 27.3 Å². The number of thiophene rings is 1. The third kappa shape index (κ3) is 4.80. The molecule has 2 N–H and O–H groups in total. The molecule has 1 fully saturated rings. The monoisotopic (exact) mass is 503 g/mol. The van der Waals surface area contributed by atoms with Crippen LogP contribution in [0.15, 0.2) is 51.6 Å². The maximum absolute atomic E-state index is 12.8. The number of nitrogens with one attached hydrogen (secondary N) is 2. The summed E-state index contributed by atoms with van der Waals surface area (Å²) in [4.78, 5) is 15.5. The summed E-state index contributed by atoms with van der Waals surface area (Å²) in [5, 5.41) is 4.02. The number of aryl methyl sites for hydroxylation is 1. The molecule has 4 rings (SSSR count). The summed E-state index contributed by atoms with van der Waals surface area (Å²) in [6.07, 6.45) is 1.88. The Morgan fingerprint density at radius 3 is 2.45 bits per heavy atom. The van der Waals surface area contributed by atoms with Crippen molar-refractivity contribution in [1.82, 2.24) is 0 Å². The summed E-state index contributed by atoms with van der Waals surface area (Å²) in [5.41, 5.74) is 3.64. The zero-order valence-corrected chi connectivity index (χ0v) is 20.6. The largest absolute Gasteiger partial charge is 0.459 e. The number of halogens is 1. The van der Waals surface area contributed by atoms with E-state index in [1.165, 1.54) is 32.7 Å². The molecule has 1 aromatic carbocycles. The van der Waals surface area contributed by atoms with Crippen molar-refractivity contribution in [2.75, 3.05) is 18.4 Å². The minimum absolute atomic E-state index is 0.0961. The first-order chi connectivity index (χ1) is 14.8. The quantitative estimate of drug-likeness (QED) is 0.527. The number of hydrogen-bond donors (Lipinski definition) is 2. The van der Waals surface area contributed by atoms with Crippen LogP contribution in [0.4, 0.5) is 5.00 Å². The van der Waals surface area contributed by atoms with Gasteiger partial charge in [0.2, 0.25) is 0 Å². The first kappa shape index (κ1) is 22.3. The Balaban J connectivity index is 1.79. The molecule has 1 saturated heterocycles. The van der Waals surface area contributed by atoms with Crippen LogP contribution in [-0.2, 0) is 4.74 Å². The van der Waals surface area contributed by atoms with Crippen molar-refractivity contribution >= 4 is 38.2 Å². The Bertz CT molecular complexity index is 1040. The predicted molar refractivity (Wildman–Crippen MR) is 127 cm³/mol. The van der Waals surface area contributed by atoms with Crippen molar-refractivity contribution in [3.8, 4) is 0 Å². The molecule has 3 aromatic rings. The highest BCUT2D eigenvalue weighted by atomic mass is 79.9. The van der Waals surface area contributed by atoms with Gasteiger partial charge in [-0.25, -0.2) is 0 Å². The molecule has 31 heavy (non-hydrogen) atoms. The molecule has 0 aliphatic carbocycles. The van der Waals surface area contributed by atoms with Crippen LogP contribution < -0.4 is 10.2 Å². The van der Waals surface area contributed by atoms with Crippen LogP contribution in [0, 0.1) is 13.8 Å². The van der Waals surface area contributed by atoms with Gasteiger partial charge in [0.15, 0.2) is 5.76 Å². The SMILES string of the molecule is Cc1sc(NC(=O)c2ccco2)c([C@@H](c2ccc(Br)cc2)[NH+]2C[C@@H](C)O[C@@H](C)C2)c1C. The molecule has 1 unspecified atom stereocenters. The predicted octanol–water partition coefficient (Wildman–Crippen LogP) is 4.75. The molecule has 164 valence electrons. The lowest BCUT2D eigenvalue weighted by atomic mass is 9.94. The summed E-state index contributed by atoms with van der Waals surface area (Å²) in [6.45, 7) is 10.4. The maximum atomic E-state index is 12.8. The Labute approximate surface area is 195 Å². The average Bonchev–Trinajstić information content (AvgIpc) is 3.34. The molecule has 3 heterocycles. The third-order valence-electron chi connectivity index (χ3n) is 5.87. The molecular weight excluding hydrogens is 476 g/mol. The lowest BCUT2D eigenvalue weighted by Crippen LogP contribution is -3.15. The van der Waals surface area contributed by atoms with Crippen LogP contribution in [0.1, 0.15) is 52.0 Å². The van der Waals surface area contributed by atoms with E-state index in [9.17, 15) is 4.79 Å². The van der Waals surface area contributed by atoms with E-state index in [0.29, 0.717) is 5.76 Å². The van der Waals surface area contributed by atoms with Gasteiger partial charge >= 0.3 is 0 Å². The minimum Gasteiger partial charge on any atom is -0.459 e. The summed E-state index contributed by atoms with van der Waals surface area (Å²) in [7, 11) is 0. The molecule has 7 heteroatoms. The normalized spacial score (nSPS) is 22.3. The van der Waals surface area contributed by atoms with E-state index < -0.39 is 0 Å². The fraction of sp³-hybridized carbons (Fsp3) is 0.375. The number of carbonyl (C=O) groups is 1. The zero-order valence-electron chi connectivity index (χ0n) is 18.2. The molecule has 1 amide bonds. The molecule has 0 bridgehead atoms. The van der Waals surface area contributed by atoms with Gasteiger partial charge < -0.3 is 19.4 Å². The lowest BCUT2D eigenvalue weighted by molar-refractivity contribution is -0.939. The van der Waals surface area contributed by atoms with E-state index in [0.717, 1.165) is 22.6 Å². The number of ether oxygens (including phenoxy) is 1. The van der Waals surface area contributed by atoms with Crippen molar-refractivity contribution in [2.24, 2.45) is 0 Å². The van der Waals surface area contributed by atoms with Gasteiger partial charge in [-0.2, -0.15) is 0 Å². The fourth-order valence-electron chi connectivity index (χ4n) is 4.47. The highest BCUT2D eigenvalue weighted by molar-refractivity contribution is 9.10. The highest BCUT2D eigenvalue weighted by Crippen LogP contribution is 2.39. The zero-order chi connectivity index (χ0) is 22.1. The number of benzene rings is 1. The highest BCUT2D eigenvalue weighted by Gasteiger charge is 2.37. The van der Waals surface area contributed by atoms with E-state index in [1.54, 1.807) is 23.5 Å². The van der Waals surface area contributed by atoms with E-state index >= 15 is 0 Å². The van der Waals surface area contributed by atoms with Gasteiger partial charge in [0.05, 0.1) is 11.8 Å². The van der Waals surface area contributed by atoms with Crippen molar-refractivity contribution in [3.05, 3.63) is 74.5 Å². The van der Waals surface area contributed by atoms with Gasteiger partial charge in [-0.1, -0.05) is 28.1 Å². The number of furan rings is 1. The van der Waals surface area contributed by atoms with Gasteiger partial charge in [-0.3, -0.25) is 4.79 Å². The average molecular weight is 504 g/mol. The van der Waals surface area contributed by atoms with Crippen LogP contribution in [0.5, 0.6) is 0 Å². The second-order valence-corrected chi connectivity index (χ2v) is 10.4. The maximum Gasteiger partial charge on any atom is 0.291 e. The summed E-state index contributed by atoms with van der Waals surface area (Å²) in [5.74, 6) is 0.0941. The molecule has 1 aliphatic heterocycles. The number of carbonyl (C=O) groups excluding carboxylic acids is 1. The van der Waals surface area contributed by atoms with E-state index in [4.69, 9.17) is 9.15 Å². The van der Waals surface area contributed by atoms with Gasteiger partial charge in [-0.15, -0.1) is 11.3 Å². The molecule has 0 spiro atoms. The van der Waals surface area contributed by atoms with Gasteiger partial charge in [0.1, 0.15) is 36.3 Å². The molecular formula is C24H28BrN2O3S+. The second-order valence-electron chi connectivity index (χ2n) is 8.27. The van der Waals surface area contributed by atoms with E-state index in [2.05, 4.69) is 73.2 Å². The number of hydrogen-bond acceptors (Lipinski definition) is 4. The standard InChI is InChI=1S/C24H27BrN2O3S/c1-14-12-27(13-15(2)30-14)22(18-7-9-19(25)10-8-18)21-16(3)17(4)31-24(21)26-23(28)20-6-5-11-29-20/h5-11,14-15,22H,12-13H2,1-4H3,(H,26,28)/p+1/t14-,15+,22-/m1/s1. The fourth-order valence-corrected chi connectivity index (χ4v) is 5.83. The van der Waals surface area contributed by atoms with Crippen molar-refractivity contribution in [2.45, 2.75) is 45.9 Å². The first-order valence-electron chi connectivity index (χ1n) is 10.5. The molecule has 4 atom stereocenters. The summed E-state index contributed by atoms with van der Waals surface area (Å²) in [6, 6.07) is 12.0. The number of quaternary nitrogens is 1. The van der Waals surface area contributed by atoms with Crippen molar-refractivity contribution < 1.29 is 18.8 Å².